The molecule has 0 spiro atoms. The molecule has 0 aliphatic rings. The van der Waals surface area contributed by atoms with Crippen LogP contribution in [0.25, 0.3) is 0 Å². The SMILES string of the molecule is C=C(NC)[SiH](C(C)CC)C(C)(C)C. The van der Waals surface area contributed by atoms with Crippen LogP contribution < -0.4 is 5.32 Å². The molecule has 0 aromatic heterocycles. The van der Waals surface area contributed by atoms with Crippen LogP contribution in [0.3, 0.4) is 0 Å². The lowest BCUT2D eigenvalue weighted by Gasteiger charge is -2.35. The molecule has 0 aliphatic heterocycles. The molecule has 0 rings (SSSR count). The molecule has 2 heteroatoms. The maximum absolute atomic E-state index is 4.16. The van der Waals surface area contributed by atoms with Gasteiger partial charge < -0.3 is 5.32 Å². The summed E-state index contributed by atoms with van der Waals surface area (Å²) in [5.41, 5.74) is 0.833. The molecular formula is C11H25NSi. The zero-order chi connectivity index (χ0) is 10.6. The van der Waals surface area contributed by atoms with Gasteiger partial charge in [-0.3, -0.25) is 0 Å². The molecule has 0 radical (unpaired) electrons. The second-order valence-electron chi connectivity index (χ2n) is 5.00. The molecule has 0 saturated heterocycles. The van der Waals surface area contributed by atoms with Gasteiger partial charge in [0.2, 0.25) is 0 Å². The van der Waals surface area contributed by atoms with E-state index in [2.05, 4.69) is 46.5 Å². The third-order valence-corrected chi connectivity index (χ3v) is 7.36. The number of hydrogen-bond donors (Lipinski definition) is 1. The van der Waals surface area contributed by atoms with E-state index in [1.807, 2.05) is 7.05 Å². The molecule has 2 atom stereocenters. The Balaban J connectivity index is 4.65. The van der Waals surface area contributed by atoms with E-state index in [1.54, 1.807) is 0 Å². The normalized spacial score (nSPS) is 16.5. The zero-order valence-corrected chi connectivity index (χ0v) is 11.2. The van der Waals surface area contributed by atoms with Gasteiger partial charge in [-0.25, -0.2) is 0 Å². The lowest BCUT2D eigenvalue weighted by atomic mass is 10.2. The molecule has 0 bridgehead atoms. The minimum absolute atomic E-state index is 0.440. The molecule has 0 aromatic carbocycles. The fourth-order valence-corrected chi connectivity index (χ4v) is 6.33. The molecule has 0 heterocycles. The summed E-state index contributed by atoms with van der Waals surface area (Å²) in [5.74, 6) is 0. The van der Waals surface area contributed by atoms with E-state index in [0.717, 1.165) is 5.54 Å². The number of hydrogen-bond acceptors (Lipinski definition) is 1. The number of rotatable bonds is 4. The Morgan fingerprint density at radius 1 is 1.46 bits per heavy atom. The first-order valence-corrected chi connectivity index (χ1v) is 7.03. The third kappa shape index (κ3) is 3.55. The second-order valence-corrected chi connectivity index (χ2v) is 9.53. The van der Waals surface area contributed by atoms with Crippen LogP contribution in [0.5, 0.6) is 0 Å². The van der Waals surface area contributed by atoms with E-state index >= 15 is 0 Å². The van der Waals surface area contributed by atoms with Crippen molar-refractivity contribution in [3.05, 3.63) is 11.9 Å². The molecule has 0 amide bonds. The molecule has 2 unspecified atom stereocenters. The van der Waals surface area contributed by atoms with Crippen LogP contribution in [-0.2, 0) is 0 Å². The highest BCUT2D eigenvalue weighted by molar-refractivity contribution is 6.70. The Labute approximate surface area is 85.2 Å². The van der Waals surface area contributed by atoms with Crippen LogP contribution in [0.1, 0.15) is 41.0 Å². The first-order chi connectivity index (χ1) is 5.84. The van der Waals surface area contributed by atoms with Crippen LogP contribution in [0, 0.1) is 0 Å². The molecule has 0 saturated carbocycles. The van der Waals surface area contributed by atoms with Crippen LogP contribution in [-0.4, -0.2) is 15.8 Å². The maximum Gasteiger partial charge on any atom is 0.0982 e. The predicted octanol–water partition coefficient (Wildman–Crippen LogP) is 3.09. The van der Waals surface area contributed by atoms with Gasteiger partial charge in [-0.1, -0.05) is 47.6 Å². The van der Waals surface area contributed by atoms with Gasteiger partial charge in [-0.05, 0) is 15.9 Å². The summed E-state index contributed by atoms with van der Waals surface area (Å²) in [7, 11) is 1.08. The van der Waals surface area contributed by atoms with E-state index in [4.69, 9.17) is 0 Å². The zero-order valence-electron chi connectivity index (χ0n) is 10.1. The van der Waals surface area contributed by atoms with Gasteiger partial charge in [-0.2, -0.15) is 0 Å². The minimum atomic E-state index is -0.916. The standard InChI is InChI=1S/C11H25NSi/c1-8-9(2)13(10(3)12-7)11(4,5)6/h9,12-13H,3,8H2,1-2,4-7H3. The van der Waals surface area contributed by atoms with Gasteiger partial charge >= 0.3 is 0 Å². The Kier molecular flexibility index (Phi) is 4.75. The van der Waals surface area contributed by atoms with Crippen molar-refractivity contribution in [2.75, 3.05) is 7.05 Å². The molecule has 0 aliphatic carbocycles. The Hall–Kier alpha value is -0.243. The van der Waals surface area contributed by atoms with Crippen molar-refractivity contribution >= 4 is 8.80 Å². The average Bonchev–Trinajstić information content (AvgIpc) is 2.01. The fourth-order valence-electron chi connectivity index (χ4n) is 2.11. The van der Waals surface area contributed by atoms with Crippen molar-refractivity contribution in [2.24, 2.45) is 0 Å². The third-order valence-electron chi connectivity index (χ3n) is 2.84. The largest absolute Gasteiger partial charge is 0.396 e. The van der Waals surface area contributed by atoms with E-state index in [-0.39, 0.29) is 0 Å². The van der Waals surface area contributed by atoms with Crippen molar-refractivity contribution in [1.29, 1.82) is 0 Å². The summed E-state index contributed by atoms with van der Waals surface area (Å²) in [6.45, 7) is 15.8. The lowest BCUT2D eigenvalue weighted by Crippen LogP contribution is -2.36. The predicted molar refractivity (Wildman–Crippen MR) is 64.8 cm³/mol. The van der Waals surface area contributed by atoms with E-state index in [1.165, 1.54) is 11.7 Å². The van der Waals surface area contributed by atoms with Gasteiger partial charge in [0.05, 0.1) is 8.80 Å². The van der Waals surface area contributed by atoms with Crippen LogP contribution >= 0.6 is 0 Å². The van der Waals surface area contributed by atoms with Crippen molar-refractivity contribution in [2.45, 2.75) is 51.6 Å². The maximum atomic E-state index is 4.16. The summed E-state index contributed by atoms with van der Waals surface area (Å²) >= 11 is 0. The fraction of sp³-hybridized carbons (Fsp3) is 0.818. The first-order valence-electron chi connectivity index (χ1n) is 5.21. The molecule has 13 heavy (non-hydrogen) atoms. The molecular weight excluding hydrogens is 174 g/mol. The Bertz CT molecular complexity index is 169. The van der Waals surface area contributed by atoms with Crippen molar-refractivity contribution in [3.63, 3.8) is 0 Å². The van der Waals surface area contributed by atoms with Gasteiger partial charge in [0, 0.05) is 7.05 Å². The van der Waals surface area contributed by atoms with Crippen LogP contribution in [0.15, 0.2) is 11.9 Å². The summed E-state index contributed by atoms with van der Waals surface area (Å²) in [6, 6.07) is 0. The Morgan fingerprint density at radius 3 is 2.15 bits per heavy atom. The average molecular weight is 199 g/mol. The van der Waals surface area contributed by atoms with E-state index in [0.29, 0.717) is 5.04 Å². The smallest absolute Gasteiger partial charge is 0.0982 e. The molecule has 0 fully saturated rings. The highest BCUT2D eigenvalue weighted by Crippen LogP contribution is 2.37. The molecule has 1 nitrogen and oxygen atoms in total. The molecule has 0 aromatic rings. The van der Waals surface area contributed by atoms with Crippen molar-refractivity contribution in [3.8, 4) is 0 Å². The van der Waals surface area contributed by atoms with Crippen LogP contribution in [0.4, 0.5) is 0 Å². The Morgan fingerprint density at radius 2 is 1.92 bits per heavy atom. The highest BCUT2D eigenvalue weighted by Gasteiger charge is 2.32. The van der Waals surface area contributed by atoms with Crippen molar-refractivity contribution < 1.29 is 0 Å². The van der Waals surface area contributed by atoms with Gasteiger partial charge in [0.15, 0.2) is 0 Å². The number of nitrogens with one attached hydrogen (secondary N) is 1. The topological polar surface area (TPSA) is 12.0 Å². The van der Waals surface area contributed by atoms with Gasteiger partial charge in [-0.15, -0.1) is 0 Å². The summed E-state index contributed by atoms with van der Waals surface area (Å²) in [5, 5.41) is 5.00. The molecule has 78 valence electrons. The summed E-state index contributed by atoms with van der Waals surface area (Å²) < 4.78 is 0. The monoisotopic (exact) mass is 199 g/mol. The van der Waals surface area contributed by atoms with E-state index < -0.39 is 8.80 Å². The quantitative estimate of drug-likeness (QED) is 0.686. The summed E-state index contributed by atoms with van der Waals surface area (Å²) in [4.78, 5) is 0. The molecule has 1 N–H and O–H groups in total. The van der Waals surface area contributed by atoms with Crippen LogP contribution in [0.2, 0.25) is 10.6 Å². The second kappa shape index (κ2) is 4.84. The first kappa shape index (κ1) is 12.8. The highest BCUT2D eigenvalue weighted by atomic mass is 28.3. The van der Waals surface area contributed by atoms with Gasteiger partial charge in [0.25, 0.3) is 0 Å². The van der Waals surface area contributed by atoms with E-state index in [9.17, 15) is 0 Å². The lowest BCUT2D eigenvalue weighted by molar-refractivity contribution is 0.694. The minimum Gasteiger partial charge on any atom is -0.396 e. The van der Waals surface area contributed by atoms with Gasteiger partial charge in [0.1, 0.15) is 0 Å². The summed E-state index contributed by atoms with van der Waals surface area (Å²) in [6.07, 6.45) is 1.27. The van der Waals surface area contributed by atoms with Crippen molar-refractivity contribution in [1.82, 2.24) is 5.32 Å².